The fraction of sp³-hybridized carbons (Fsp3) is 0.846. The van der Waals surface area contributed by atoms with Crippen molar-refractivity contribution in [3.05, 3.63) is 0 Å². The van der Waals surface area contributed by atoms with E-state index in [0.717, 1.165) is 19.6 Å². The average Bonchev–Trinajstić information content (AvgIpc) is 2.78. The second kappa shape index (κ2) is 7.70. The predicted molar refractivity (Wildman–Crippen MR) is 76.2 cm³/mol. The molecule has 2 aliphatic rings. The molecule has 2 fully saturated rings. The van der Waals surface area contributed by atoms with Crippen molar-refractivity contribution in [1.82, 2.24) is 15.5 Å². The maximum absolute atomic E-state index is 12.0. The molecule has 2 N–H and O–H groups in total. The Morgan fingerprint density at radius 1 is 1.53 bits per heavy atom. The Hall–Kier alpha value is -0.810. The van der Waals surface area contributed by atoms with Gasteiger partial charge in [0, 0.05) is 26.1 Å². The Morgan fingerprint density at radius 3 is 2.89 bits per heavy atom. The summed E-state index contributed by atoms with van der Waals surface area (Å²) in [5.41, 5.74) is 0. The number of halogens is 1. The van der Waals surface area contributed by atoms with Crippen molar-refractivity contribution in [3.8, 4) is 0 Å². The van der Waals surface area contributed by atoms with Crippen LogP contribution in [0.4, 0.5) is 0 Å². The lowest BCUT2D eigenvalue weighted by Gasteiger charge is -2.23. The number of hydrogen-bond acceptors (Lipinski definition) is 3. The Bertz CT molecular complexity index is 319. The Balaban J connectivity index is 0.00000180. The van der Waals surface area contributed by atoms with Crippen LogP contribution in [0.3, 0.4) is 0 Å². The molecule has 2 atom stereocenters. The molecule has 2 unspecified atom stereocenters. The van der Waals surface area contributed by atoms with Gasteiger partial charge in [-0.3, -0.25) is 9.59 Å². The summed E-state index contributed by atoms with van der Waals surface area (Å²) in [6, 6.07) is 0. The molecular weight excluding hydrogens is 266 g/mol. The minimum atomic E-state index is -0.144. The van der Waals surface area contributed by atoms with Gasteiger partial charge in [0.25, 0.3) is 0 Å². The van der Waals surface area contributed by atoms with Gasteiger partial charge in [-0.25, -0.2) is 0 Å². The van der Waals surface area contributed by atoms with E-state index in [4.69, 9.17) is 0 Å². The van der Waals surface area contributed by atoms with Crippen LogP contribution in [0.2, 0.25) is 0 Å². The fourth-order valence-electron chi connectivity index (χ4n) is 2.74. The third kappa shape index (κ3) is 4.35. The lowest BCUT2D eigenvalue weighted by atomic mass is 9.99. The summed E-state index contributed by atoms with van der Waals surface area (Å²) in [7, 11) is 0. The Morgan fingerprint density at radius 2 is 2.32 bits per heavy atom. The van der Waals surface area contributed by atoms with E-state index in [1.807, 2.05) is 6.92 Å². The van der Waals surface area contributed by atoms with Crippen molar-refractivity contribution in [1.29, 1.82) is 0 Å². The van der Waals surface area contributed by atoms with E-state index in [1.54, 1.807) is 4.90 Å². The molecule has 0 aliphatic carbocycles. The predicted octanol–water partition coefficient (Wildman–Crippen LogP) is 0.392. The normalized spacial score (nSPS) is 27.0. The van der Waals surface area contributed by atoms with Crippen molar-refractivity contribution in [2.45, 2.75) is 26.2 Å². The first kappa shape index (κ1) is 16.2. The zero-order valence-electron chi connectivity index (χ0n) is 11.5. The SMILES string of the molecule is CCN1CC(C(=O)NCC2CCCNC2)CC1=O.Cl. The summed E-state index contributed by atoms with van der Waals surface area (Å²) in [4.78, 5) is 25.3. The van der Waals surface area contributed by atoms with Crippen LogP contribution in [-0.2, 0) is 9.59 Å². The molecule has 0 aromatic heterocycles. The molecular formula is C13H24ClN3O2. The molecule has 0 aromatic carbocycles. The van der Waals surface area contributed by atoms with Crippen LogP contribution in [0.15, 0.2) is 0 Å². The van der Waals surface area contributed by atoms with Crippen LogP contribution in [0.1, 0.15) is 26.2 Å². The highest BCUT2D eigenvalue weighted by molar-refractivity contribution is 5.89. The van der Waals surface area contributed by atoms with Gasteiger partial charge in [-0.2, -0.15) is 0 Å². The largest absolute Gasteiger partial charge is 0.355 e. The standard InChI is InChI=1S/C13H23N3O2.ClH/c1-2-16-9-11(6-12(16)17)13(18)15-8-10-4-3-5-14-7-10;/h10-11,14H,2-9H2,1H3,(H,15,18);1H. The molecule has 0 aromatic rings. The van der Waals surface area contributed by atoms with Crippen molar-refractivity contribution < 1.29 is 9.59 Å². The van der Waals surface area contributed by atoms with Crippen LogP contribution in [0, 0.1) is 11.8 Å². The highest BCUT2D eigenvalue weighted by Crippen LogP contribution is 2.17. The molecule has 19 heavy (non-hydrogen) atoms. The average molecular weight is 290 g/mol. The third-order valence-corrected chi connectivity index (χ3v) is 3.93. The van der Waals surface area contributed by atoms with Crippen LogP contribution in [-0.4, -0.2) is 49.4 Å². The number of amides is 2. The van der Waals surface area contributed by atoms with Crippen LogP contribution in [0.25, 0.3) is 0 Å². The highest BCUT2D eigenvalue weighted by atomic mass is 35.5. The van der Waals surface area contributed by atoms with E-state index in [1.165, 1.54) is 12.8 Å². The van der Waals surface area contributed by atoms with Crippen LogP contribution < -0.4 is 10.6 Å². The number of hydrogen-bond donors (Lipinski definition) is 2. The zero-order valence-corrected chi connectivity index (χ0v) is 12.3. The summed E-state index contributed by atoms with van der Waals surface area (Å²) in [6.45, 7) is 6.06. The van der Waals surface area contributed by atoms with Gasteiger partial charge in [-0.1, -0.05) is 0 Å². The smallest absolute Gasteiger partial charge is 0.225 e. The van der Waals surface area contributed by atoms with Crippen LogP contribution >= 0.6 is 12.4 Å². The number of rotatable bonds is 4. The van der Waals surface area contributed by atoms with Gasteiger partial charge in [0.1, 0.15) is 0 Å². The summed E-state index contributed by atoms with van der Waals surface area (Å²) in [6.07, 6.45) is 2.74. The van der Waals surface area contributed by atoms with Gasteiger partial charge in [-0.05, 0) is 38.8 Å². The molecule has 0 bridgehead atoms. The number of likely N-dealkylation sites (tertiary alicyclic amines) is 1. The monoisotopic (exact) mass is 289 g/mol. The van der Waals surface area contributed by atoms with Crippen LogP contribution in [0.5, 0.6) is 0 Å². The second-order valence-electron chi connectivity index (χ2n) is 5.29. The molecule has 2 amide bonds. The van der Waals surface area contributed by atoms with Crippen molar-refractivity contribution >= 4 is 24.2 Å². The van der Waals surface area contributed by atoms with Gasteiger partial charge in [-0.15, -0.1) is 12.4 Å². The van der Waals surface area contributed by atoms with Crippen molar-refractivity contribution in [2.24, 2.45) is 11.8 Å². The van der Waals surface area contributed by atoms with E-state index in [-0.39, 0.29) is 30.1 Å². The summed E-state index contributed by atoms with van der Waals surface area (Å²) in [5.74, 6) is 0.554. The van der Waals surface area contributed by atoms with E-state index in [9.17, 15) is 9.59 Å². The maximum atomic E-state index is 12.0. The molecule has 2 heterocycles. The summed E-state index contributed by atoms with van der Waals surface area (Å²) in [5, 5.41) is 6.34. The topological polar surface area (TPSA) is 61.4 Å². The summed E-state index contributed by atoms with van der Waals surface area (Å²) >= 11 is 0. The van der Waals surface area contributed by atoms with Gasteiger partial charge in [0.05, 0.1) is 5.92 Å². The molecule has 2 aliphatic heterocycles. The van der Waals surface area contributed by atoms with Crippen molar-refractivity contribution in [2.75, 3.05) is 32.7 Å². The number of nitrogens with zero attached hydrogens (tertiary/aromatic N) is 1. The van der Waals surface area contributed by atoms with Gasteiger partial charge in [0.15, 0.2) is 0 Å². The molecule has 2 rings (SSSR count). The fourth-order valence-corrected chi connectivity index (χ4v) is 2.74. The first-order chi connectivity index (χ1) is 8.70. The zero-order chi connectivity index (χ0) is 13.0. The third-order valence-electron chi connectivity index (χ3n) is 3.93. The van der Waals surface area contributed by atoms with E-state index >= 15 is 0 Å². The van der Waals surface area contributed by atoms with E-state index in [2.05, 4.69) is 10.6 Å². The Kier molecular flexibility index (Phi) is 6.58. The molecule has 0 saturated carbocycles. The number of nitrogens with one attached hydrogen (secondary N) is 2. The second-order valence-corrected chi connectivity index (χ2v) is 5.29. The molecule has 6 heteroatoms. The lowest BCUT2D eigenvalue weighted by Crippen LogP contribution is -2.40. The molecule has 5 nitrogen and oxygen atoms in total. The quantitative estimate of drug-likeness (QED) is 0.787. The van der Waals surface area contributed by atoms with E-state index < -0.39 is 0 Å². The lowest BCUT2D eigenvalue weighted by molar-refractivity contribution is -0.128. The van der Waals surface area contributed by atoms with Gasteiger partial charge in [0.2, 0.25) is 11.8 Å². The first-order valence-corrected chi connectivity index (χ1v) is 6.97. The van der Waals surface area contributed by atoms with E-state index in [0.29, 0.717) is 25.4 Å². The van der Waals surface area contributed by atoms with Gasteiger partial charge < -0.3 is 15.5 Å². The number of carbonyl (C=O) groups is 2. The molecule has 0 radical (unpaired) electrons. The minimum Gasteiger partial charge on any atom is -0.355 e. The summed E-state index contributed by atoms with van der Waals surface area (Å²) < 4.78 is 0. The Labute approximate surface area is 120 Å². The molecule has 2 saturated heterocycles. The molecule has 0 spiro atoms. The van der Waals surface area contributed by atoms with Gasteiger partial charge >= 0.3 is 0 Å². The number of carbonyl (C=O) groups excluding carboxylic acids is 2. The first-order valence-electron chi connectivity index (χ1n) is 6.97. The minimum absolute atomic E-state index is 0. The number of piperidine rings is 1. The highest BCUT2D eigenvalue weighted by Gasteiger charge is 2.33. The molecule has 110 valence electrons. The van der Waals surface area contributed by atoms with Crippen molar-refractivity contribution in [3.63, 3.8) is 0 Å². The maximum Gasteiger partial charge on any atom is 0.225 e.